The molecule has 0 aliphatic rings. The van der Waals surface area contributed by atoms with Crippen LogP contribution in [-0.2, 0) is 16.5 Å². The van der Waals surface area contributed by atoms with Crippen molar-refractivity contribution in [2.45, 2.75) is 50.3 Å². The van der Waals surface area contributed by atoms with E-state index in [0.29, 0.717) is 0 Å². The molecule has 0 amide bonds. The highest BCUT2D eigenvalue weighted by molar-refractivity contribution is 7.84. The summed E-state index contributed by atoms with van der Waals surface area (Å²) in [6.45, 7) is 6.36. The van der Waals surface area contributed by atoms with E-state index < -0.39 is 16.5 Å². The third-order valence-electron chi connectivity index (χ3n) is 5.50. The molecule has 3 heteroatoms. The Morgan fingerprint density at radius 2 is 1.10 bits per heavy atom. The van der Waals surface area contributed by atoms with Gasteiger partial charge >= 0.3 is 0 Å². The van der Waals surface area contributed by atoms with Gasteiger partial charge in [0.1, 0.15) is 5.54 Å². The minimum atomic E-state index is -1.25. The molecule has 0 bridgehead atoms. The number of rotatable bonds is 9. The van der Waals surface area contributed by atoms with E-state index in [9.17, 15) is 4.21 Å². The topological polar surface area (TPSA) is 29.1 Å². The van der Waals surface area contributed by atoms with Crippen LogP contribution >= 0.6 is 0 Å². The molecule has 0 radical (unpaired) electrons. The molecule has 0 saturated carbocycles. The van der Waals surface area contributed by atoms with Crippen LogP contribution in [-0.4, -0.2) is 8.96 Å². The minimum absolute atomic E-state index is 0.334. The van der Waals surface area contributed by atoms with Crippen molar-refractivity contribution in [1.29, 1.82) is 0 Å². The lowest BCUT2D eigenvalue weighted by Gasteiger charge is -2.39. The summed E-state index contributed by atoms with van der Waals surface area (Å²) in [4.78, 5) is 0. The van der Waals surface area contributed by atoms with E-state index in [-0.39, 0.29) is 4.75 Å². The van der Waals surface area contributed by atoms with Crippen molar-refractivity contribution in [2.75, 3.05) is 0 Å². The molecule has 1 N–H and O–H groups in total. The average Bonchev–Trinajstić information content (AvgIpc) is 2.77. The average molecular weight is 406 g/mol. The molecule has 1 atom stereocenters. The number of hydrogen-bond donors (Lipinski definition) is 1. The molecule has 1 unspecified atom stereocenters. The van der Waals surface area contributed by atoms with Crippen molar-refractivity contribution in [3.05, 3.63) is 108 Å². The molecule has 0 fully saturated rings. The monoisotopic (exact) mass is 405 g/mol. The van der Waals surface area contributed by atoms with Crippen molar-refractivity contribution in [1.82, 2.24) is 4.72 Å². The smallest absolute Gasteiger partial charge is 0.106 e. The zero-order chi connectivity index (χ0) is 20.7. The first-order chi connectivity index (χ1) is 14.0. The van der Waals surface area contributed by atoms with E-state index in [1.807, 2.05) is 54.6 Å². The Labute approximate surface area is 178 Å². The van der Waals surface area contributed by atoms with Crippen LogP contribution in [0.1, 0.15) is 56.7 Å². The molecule has 3 aromatic carbocycles. The third kappa shape index (κ3) is 4.68. The lowest BCUT2D eigenvalue weighted by atomic mass is 9.78. The largest absolute Gasteiger partial charge is 0.242 e. The molecule has 3 rings (SSSR count). The van der Waals surface area contributed by atoms with Crippen LogP contribution in [0, 0.1) is 0 Å². The molecule has 0 aromatic heterocycles. The number of nitrogens with one attached hydrogen (secondary N) is 1. The van der Waals surface area contributed by atoms with Crippen LogP contribution in [0.3, 0.4) is 0 Å². The second-order valence-electron chi connectivity index (χ2n) is 8.08. The lowest BCUT2D eigenvalue weighted by Crippen LogP contribution is -2.50. The first-order valence-corrected chi connectivity index (χ1v) is 11.5. The van der Waals surface area contributed by atoms with Gasteiger partial charge in [-0.1, -0.05) is 111 Å². The molecule has 152 valence electrons. The van der Waals surface area contributed by atoms with Crippen LogP contribution in [0.15, 0.2) is 91.0 Å². The Balaban J connectivity index is 2.19. The second kappa shape index (κ2) is 9.51. The van der Waals surface area contributed by atoms with Crippen LogP contribution in [0.4, 0.5) is 0 Å². The molecular weight excluding hydrogens is 374 g/mol. The highest BCUT2D eigenvalue weighted by atomic mass is 32.2. The van der Waals surface area contributed by atoms with Gasteiger partial charge in [-0.2, -0.15) is 0 Å². The Bertz CT molecular complexity index is 811. The predicted molar refractivity (Wildman–Crippen MR) is 124 cm³/mol. The summed E-state index contributed by atoms with van der Waals surface area (Å²) in [5.41, 5.74) is 2.55. The van der Waals surface area contributed by atoms with Gasteiger partial charge in [0.05, 0.1) is 15.7 Å². The Morgan fingerprint density at radius 1 is 0.724 bits per heavy atom. The minimum Gasteiger partial charge on any atom is -0.242 e. The first-order valence-electron chi connectivity index (χ1n) is 10.4. The fourth-order valence-electron chi connectivity index (χ4n) is 3.71. The van der Waals surface area contributed by atoms with Crippen LogP contribution in [0.2, 0.25) is 0 Å². The van der Waals surface area contributed by atoms with E-state index in [4.69, 9.17) is 0 Å². The van der Waals surface area contributed by atoms with Gasteiger partial charge in [0.15, 0.2) is 0 Å². The van der Waals surface area contributed by atoms with Crippen molar-refractivity contribution in [2.24, 2.45) is 0 Å². The summed E-state index contributed by atoms with van der Waals surface area (Å²) in [6, 6.07) is 31.0. The van der Waals surface area contributed by atoms with Crippen molar-refractivity contribution < 1.29 is 4.21 Å². The summed E-state index contributed by atoms with van der Waals surface area (Å²) >= 11 is 0. The van der Waals surface area contributed by atoms with Crippen LogP contribution in [0.5, 0.6) is 0 Å². The third-order valence-corrected chi connectivity index (χ3v) is 7.20. The SMILES string of the molecule is CCCCC(C)(C)S(=O)NC(c1ccccc1)(c1ccccc1)c1ccccc1. The molecule has 3 aromatic rings. The normalized spacial score (nSPS) is 13.2. The van der Waals surface area contributed by atoms with Gasteiger partial charge in [0.25, 0.3) is 0 Å². The zero-order valence-electron chi connectivity index (χ0n) is 17.6. The Kier molecular flexibility index (Phi) is 7.05. The van der Waals surface area contributed by atoms with Crippen LogP contribution in [0.25, 0.3) is 0 Å². The summed E-state index contributed by atoms with van der Waals surface area (Å²) < 4.78 is 17.0. The summed E-state index contributed by atoms with van der Waals surface area (Å²) in [5, 5.41) is 0. The number of benzene rings is 3. The Hall–Kier alpha value is -2.23. The maximum absolute atomic E-state index is 13.7. The van der Waals surface area contributed by atoms with Gasteiger partial charge < -0.3 is 0 Å². The lowest BCUT2D eigenvalue weighted by molar-refractivity contribution is 0.524. The van der Waals surface area contributed by atoms with Gasteiger partial charge in [-0.3, -0.25) is 0 Å². The van der Waals surface area contributed by atoms with Crippen molar-refractivity contribution in [3.63, 3.8) is 0 Å². The Morgan fingerprint density at radius 3 is 1.45 bits per heavy atom. The molecule has 0 saturated heterocycles. The van der Waals surface area contributed by atoms with Crippen molar-refractivity contribution in [3.8, 4) is 0 Å². The first kappa shape index (κ1) is 21.5. The van der Waals surface area contributed by atoms with E-state index >= 15 is 0 Å². The van der Waals surface area contributed by atoms with Gasteiger partial charge in [-0.25, -0.2) is 8.93 Å². The molecule has 0 aliphatic heterocycles. The van der Waals surface area contributed by atoms with Gasteiger partial charge in [-0.05, 0) is 37.0 Å². The molecular formula is C26H31NOS. The molecule has 29 heavy (non-hydrogen) atoms. The highest BCUT2D eigenvalue weighted by Crippen LogP contribution is 2.38. The second-order valence-corrected chi connectivity index (χ2v) is 9.93. The van der Waals surface area contributed by atoms with Gasteiger partial charge in [-0.15, -0.1) is 0 Å². The van der Waals surface area contributed by atoms with E-state index in [1.165, 1.54) is 0 Å². The zero-order valence-corrected chi connectivity index (χ0v) is 18.4. The van der Waals surface area contributed by atoms with E-state index in [2.05, 4.69) is 61.9 Å². The number of hydrogen-bond acceptors (Lipinski definition) is 1. The summed E-state index contributed by atoms with van der Waals surface area (Å²) in [7, 11) is -1.25. The number of unbranched alkanes of at least 4 members (excludes halogenated alkanes) is 1. The standard InChI is InChI=1S/C26H31NOS/c1-4-5-21-25(2,3)29(28)27-26(22-15-9-6-10-16-22,23-17-11-7-12-18-23)24-19-13-8-14-20-24/h6-20,27H,4-5,21H2,1-3H3. The van der Waals surface area contributed by atoms with Crippen molar-refractivity contribution >= 4 is 11.0 Å². The summed E-state index contributed by atoms with van der Waals surface area (Å²) in [6.07, 6.45) is 3.08. The fourth-order valence-corrected chi connectivity index (χ4v) is 4.95. The maximum Gasteiger partial charge on any atom is 0.106 e. The van der Waals surface area contributed by atoms with Gasteiger partial charge in [0.2, 0.25) is 0 Å². The molecule has 0 spiro atoms. The fraction of sp³-hybridized carbons (Fsp3) is 0.308. The summed E-state index contributed by atoms with van der Waals surface area (Å²) in [5.74, 6) is 0. The predicted octanol–water partition coefficient (Wildman–Crippen LogP) is 6.20. The van der Waals surface area contributed by atoms with Gasteiger partial charge in [0, 0.05) is 0 Å². The maximum atomic E-state index is 13.7. The molecule has 0 heterocycles. The molecule has 2 nitrogen and oxygen atoms in total. The van der Waals surface area contributed by atoms with E-state index in [1.54, 1.807) is 0 Å². The van der Waals surface area contributed by atoms with Crippen LogP contribution < -0.4 is 4.72 Å². The highest BCUT2D eigenvalue weighted by Gasteiger charge is 2.40. The quantitative estimate of drug-likeness (QED) is 0.422. The molecule has 0 aliphatic carbocycles. The van der Waals surface area contributed by atoms with E-state index in [0.717, 1.165) is 36.0 Å².